The highest BCUT2D eigenvalue weighted by molar-refractivity contribution is 6.01. The molecule has 1 fully saturated rings. The lowest BCUT2D eigenvalue weighted by atomic mass is 9.96. The van der Waals surface area contributed by atoms with Gasteiger partial charge in [0.25, 0.3) is 0 Å². The van der Waals surface area contributed by atoms with Gasteiger partial charge in [-0.1, -0.05) is 18.2 Å². The average Bonchev–Trinajstić information content (AvgIpc) is 2.55. The van der Waals surface area contributed by atoms with Gasteiger partial charge in [-0.05, 0) is 38.1 Å². The number of nitrogens with zero attached hydrogens (tertiary/aromatic N) is 1. The van der Waals surface area contributed by atoms with E-state index in [0.717, 1.165) is 12.8 Å². The van der Waals surface area contributed by atoms with Crippen molar-refractivity contribution in [2.45, 2.75) is 12.8 Å². The Labute approximate surface area is 135 Å². The maximum atomic E-state index is 11.9. The first-order valence-electron chi connectivity index (χ1n) is 7.68. The second-order valence-electron chi connectivity index (χ2n) is 5.53. The summed E-state index contributed by atoms with van der Waals surface area (Å²) in [5.41, 5.74) is 0.629. The van der Waals surface area contributed by atoms with Gasteiger partial charge in [0.1, 0.15) is 0 Å². The normalized spacial score (nSPS) is 15.7. The molecule has 7 heteroatoms. The SMILES string of the molecule is CNC(=O)C1CCN(CC(=O)NC(=O)Nc2ccccc2)CC1. The van der Waals surface area contributed by atoms with Crippen LogP contribution in [0.5, 0.6) is 0 Å². The number of nitrogens with one attached hydrogen (secondary N) is 3. The van der Waals surface area contributed by atoms with Crippen LogP contribution in [-0.2, 0) is 9.59 Å². The van der Waals surface area contributed by atoms with Crippen LogP contribution >= 0.6 is 0 Å². The highest BCUT2D eigenvalue weighted by Gasteiger charge is 2.25. The van der Waals surface area contributed by atoms with Crippen molar-refractivity contribution < 1.29 is 14.4 Å². The van der Waals surface area contributed by atoms with Gasteiger partial charge in [-0.15, -0.1) is 0 Å². The number of likely N-dealkylation sites (tertiary alicyclic amines) is 1. The van der Waals surface area contributed by atoms with E-state index in [0.29, 0.717) is 18.8 Å². The van der Waals surface area contributed by atoms with Gasteiger partial charge in [0.2, 0.25) is 11.8 Å². The maximum absolute atomic E-state index is 11.9. The number of hydrogen-bond acceptors (Lipinski definition) is 4. The molecule has 0 bridgehead atoms. The molecule has 1 saturated heterocycles. The predicted molar refractivity (Wildman–Crippen MR) is 86.8 cm³/mol. The third-order valence-corrected chi connectivity index (χ3v) is 3.86. The van der Waals surface area contributed by atoms with Gasteiger partial charge >= 0.3 is 6.03 Å². The Morgan fingerprint density at radius 1 is 1.13 bits per heavy atom. The molecule has 0 saturated carbocycles. The molecule has 7 nitrogen and oxygen atoms in total. The molecule has 0 aromatic heterocycles. The van der Waals surface area contributed by atoms with E-state index in [9.17, 15) is 14.4 Å². The van der Waals surface area contributed by atoms with Crippen molar-refractivity contribution >= 4 is 23.5 Å². The van der Waals surface area contributed by atoms with Crippen molar-refractivity contribution in [1.82, 2.24) is 15.5 Å². The molecule has 4 amide bonds. The smallest absolute Gasteiger partial charge is 0.325 e. The Bertz CT molecular complexity index is 554. The van der Waals surface area contributed by atoms with Gasteiger partial charge in [-0.3, -0.25) is 19.8 Å². The topological polar surface area (TPSA) is 90.5 Å². The van der Waals surface area contributed by atoms with Gasteiger partial charge in [0.15, 0.2) is 0 Å². The number of amides is 4. The van der Waals surface area contributed by atoms with Crippen LogP contribution in [0.2, 0.25) is 0 Å². The summed E-state index contributed by atoms with van der Waals surface area (Å²) in [5.74, 6) is -0.283. The largest absolute Gasteiger partial charge is 0.359 e. The highest BCUT2D eigenvalue weighted by Crippen LogP contribution is 2.16. The van der Waals surface area contributed by atoms with E-state index in [4.69, 9.17) is 0 Å². The first kappa shape index (κ1) is 17.0. The van der Waals surface area contributed by atoms with Gasteiger partial charge in [-0.25, -0.2) is 4.79 Å². The summed E-state index contributed by atoms with van der Waals surface area (Å²) in [4.78, 5) is 37.1. The fourth-order valence-corrected chi connectivity index (χ4v) is 2.61. The second-order valence-corrected chi connectivity index (χ2v) is 5.53. The van der Waals surface area contributed by atoms with E-state index < -0.39 is 6.03 Å². The minimum Gasteiger partial charge on any atom is -0.359 e. The number of carbonyl (C=O) groups excluding carboxylic acids is 3. The molecule has 1 aliphatic rings. The Hall–Kier alpha value is -2.41. The Kier molecular flexibility index (Phi) is 6.10. The molecule has 124 valence electrons. The molecule has 0 unspecified atom stereocenters. The van der Waals surface area contributed by atoms with E-state index >= 15 is 0 Å². The molecule has 1 aromatic rings. The first-order valence-corrected chi connectivity index (χ1v) is 7.68. The van der Waals surface area contributed by atoms with Crippen molar-refractivity contribution in [3.05, 3.63) is 30.3 Å². The summed E-state index contributed by atoms with van der Waals surface area (Å²) >= 11 is 0. The number of rotatable bonds is 4. The summed E-state index contributed by atoms with van der Waals surface area (Å²) in [5, 5.41) is 7.56. The van der Waals surface area contributed by atoms with Crippen molar-refractivity contribution in [1.29, 1.82) is 0 Å². The number of para-hydroxylation sites is 1. The molecule has 3 N–H and O–H groups in total. The van der Waals surface area contributed by atoms with Crippen LogP contribution in [0.15, 0.2) is 30.3 Å². The average molecular weight is 318 g/mol. The predicted octanol–water partition coefficient (Wildman–Crippen LogP) is 0.793. The highest BCUT2D eigenvalue weighted by atomic mass is 16.2. The summed E-state index contributed by atoms with van der Waals surface area (Å²) in [7, 11) is 1.63. The number of benzene rings is 1. The number of urea groups is 1. The number of anilines is 1. The van der Waals surface area contributed by atoms with Gasteiger partial charge < -0.3 is 10.6 Å². The van der Waals surface area contributed by atoms with Crippen molar-refractivity contribution in [2.75, 3.05) is 32.0 Å². The van der Waals surface area contributed by atoms with Crippen molar-refractivity contribution in [2.24, 2.45) is 5.92 Å². The van der Waals surface area contributed by atoms with Crippen LogP contribution in [0.3, 0.4) is 0 Å². The van der Waals surface area contributed by atoms with Crippen LogP contribution in [0.25, 0.3) is 0 Å². The van der Waals surface area contributed by atoms with E-state index in [1.807, 2.05) is 11.0 Å². The molecule has 0 aliphatic carbocycles. The first-order chi connectivity index (χ1) is 11.1. The Morgan fingerprint density at radius 3 is 2.39 bits per heavy atom. The van der Waals surface area contributed by atoms with E-state index in [1.165, 1.54) is 0 Å². The van der Waals surface area contributed by atoms with Gasteiger partial charge in [0.05, 0.1) is 6.54 Å². The summed E-state index contributed by atoms with van der Waals surface area (Å²) in [6.07, 6.45) is 1.45. The number of hydrogen-bond donors (Lipinski definition) is 3. The molecular formula is C16H22N4O3. The Balaban J connectivity index is 1.71. The monoisotopic (exact) mass is 318 g/mol. The van der Waals surface area contributed by atoms with E-state index in [2.05, 4.69) is 16.0 Å². The van der Waals surface area contributed by atoms with Crippen molar-refractivity contribution in [3.8, 4) is 0 Å². The lowest BCUT2D eigenvalue weighted by Gasteiger charge is -2.30. The van der Waals surface area contributed by atoms with Crippen LogP contribution in [0.1, 0.15) is 12.8 Å². The Morgan fingerprint density at radius 2 is 1.78 bits per heavy atom. The third-order valence-electron chi connectivity index (χ3n) is 3.86. The zero-order valence-electron chi connectivity index (χ0n) is 13.2. The lowest BCUT2D eigenvalue weighted by Crippen LogP contribution is -2.46. The molecule has 2 rings (SSSR count). The molecule has 23 heavy (non-hydrogen) atoms. The fourth-order valence-electron chi connectivity index (χ4n) is 2.61. The quantitative estimate of drug-likeness (QED) is 0.765. The summed E-state index contributed by atoms with van der Waals surface area (Å²) < 4.78 is 0. The molecule has 1 aromatic carbocycles. The summed E-state index contributed by atoms with van der Waals surface area (Å²) in [6, 6.07) is 8.39. The van der Waals surface area contributed by atoms with Crippen LogP contribution in [0.4, 0.5) is 10.5 Å². The summed E-state index contributed by atoms with van der Waals surface area (Å²) in [6.45, 7) is 1.50. The molecule has 0 radical (unpaired) electrons. The van der Waals surface area contributed by atoms with E-state index in [1.54, 1.807) is 31.3 Å². The van der Waals surface area contributed by atoms with Crippen LogP contribution < -0.4 is 16.0 Å². The number of piperidine rings is 1. The molecule has 0 spiro atoms. The minimum atomic E-state index is -0.540. The van der Waals surface area contributed by atoms with E-state index in [-0.39, 0.29) is 24.3 Å². The second kappa shape index (κ2) is 8.28. The number of imide groups is 1. The zero-order valence-corrected chi connectivity index (χ0v) is 13.2. The van der Waals surface area contributed by atoms with Gasteiger partial charge in [-0.2, -0.15) is 0 Å². The third kappa shape index (κ3) is 5.37. The van der Waals surface area contributed by atoms with Crippen LogP contribution in [0, 0.1) is 5.92 Å². The maximum Gasteiger partial charge on any atom is 0.325 e. The fraction of sp³-hybridized carbons (Fsp3) is 0.438. The van der Waals surface area contributed by atoms with Crippen LogP contribution in [-0.4, -0.2) is 49.4 Å². The molecule has 1 heterocycles. The molecular weight excluding hydrogens is 296 g/mol. The lowest BCUT2D eigenvalue weighted by molar-refractivity contribution is -0.126. The standard InChI is InChI=1S/C16H22N4O3/c1-17-15(22)12-7-9-20(10-8-12)11-14(21)19-16(23)18-13-5-3-2-4-6-13/h2-6,12H,7-11H2,1H3,(H,17,22)(H2,18,19,21,23). The van der Waals surface area contributed by atoms with Crippen molar-refractivity contribution in [3.63, 3.8) is 0 Å². The molecule has 1 aliphatic heterocycles. The minimum absolute atomic E-state index is 0.0145. The van der Waals surface area contributed by atoms with Gasteiger partial charge in [0, 0.05) is 18.7 Å². The molecule has 0 atom stereocenters. The zero-order chi connectivity index (χ0) is 16.7. The number of carbonyl (C=O) groups is 3.